The predicted molar refractivity (Wildman–Crippen MR) is 76.4 cm³/mol. The van der Waals surface area contributed by atoms with Crippen LogP contribution in [0.1, 0.15) is 19.4 Å². The fraction of sp³-hybridized carbons (Fsp3) is 0.267. The Morgan fingerprint density at radius 2 is 1.72 bits per heavy atom. The van der Waals surface area contributed by atoms with Crippen LogP contribution in [0.3, 0.4) is 0 Å². The lowest BCUT2D eigenvalue weighted by molar-refractivity contribution is -0.118. The first kappa shape index (κ1) is 14.0. The number of carbonyl (C=O) groups excluding carboxylic acids is 1. The highest BCUT2D eigenvalue weighted by Crippen LogP contribution is 2.16. The van der Waals surface area contributed by atoms with Gasteiger partial charge in [0.1, 0.15) is 0 Å². The van der Waals surface area contributed by atoms with Crippen LogP contribution in [0.4, 0.5) is 5.69 Å². The molecule has 1 aromatic carbocycles. The molecular weight excluding hydrogens is 224 g/mol. The minimum atomic E-state index is -0.170. The monoisotopic (exact) mass is 244 g/mol. The lowest BCUT2D eigenvalue weighted by atomic mass is 10.1. The number of hydrogen-bond acceptors (Lipinski definition) is 2. The molecule has 0 saturated heterocycles. The van der Waals surface area contributed by atoms with Crippen molar-refractivity contribution < 1.29 is 4.79 Å². The Kier molecular flexibility index (Phi) is 4.72. The summed E-state index contributed by atoms with van der Waals surface area (Å²) in [5.74, 6) is -0.128. The topological polar surface area (TPSA) is 41.1 Å². The maximum absolute atomic E-state index is 11.0. The van der Waals surface area contributed by atoms with Gasteiger partial charge in [-0.15, -0.1) is 0 Å². The molecule has 1 aromatic rings. The number of aryl methyl sites for hydroxylation is 1. The van der Waals surface area contributed by atoms with Crippen molar-refractivity contribution in [1.82, 2.24) is 5.32 Å². The van der Waals surface area contributed by atoms with Crippen molar-refractivity contribution in [1.29, 1.82) is 0 Å². The van der Waals surface area contributed by atoms with Gasteiger partial charge in [0.05, 0.1) is 6.04 Å². The van der Waals surface area contributed by atoms with Gasteiger partial charge in [0, 0.05) is 18.3 Å². The molecule has 0 radical (unpaired) electrons. The number of anilines is 1. The standard InChI is InChI=1S/C15H20N2O/c1-10(2)15(12(4)16-13(5)18)17-14-8-6-11(3)7-9-14/h6-9,15,17H,1,4H2,2-3,5H3,(H,16,18). The number of nitrogens with one attached hydrogen (secondary N) is 2. The Hall–Kier alpha value is -2.03. The van der Waals surface area contributed by atoms with Gasteiger partial charge >= 0.3 is 0 Å². The molecule has 1 amide bonds. The molecular formula is C15H20N2O. The summed E-state index contributed by atoms with van der Waals surface area (Å²) < 4.78 is 0. The van der Waals surface area contributed by atoms with Gasteiger partial charge in [0.25, 0.3) is 0 Å². The van der Waals surface area contributed by atoms with Gasteiger partial charge in [-0.2, -0.15) is 0 Å². The second-order valence-electron chi connectivity index (χ2n) is 4.50. The summed E-state index contributed by atoms with van der Waals surface area (Å²) in [5.41, 5.74) is 3.68. The average Bonchev–Trinajstić information content (AvgIpc) is 2.26. The van der Waals surface area contributed by atoms with Crippen LogP contribution in [0.25, 0.3) is 0 Å². The van der Waals surface area contributed by atoms with Gasteiger partial charge < -0.3 is 10.6 Å². The Labute approximate surface area is 109 Å². The summed E-state index contributed by atoms with van der Waals surface area (Å²) in [6, 6.07) is 7.87. The predicted octanol–water partition coefficient (Wildman–Crippen LogP) is 3.00. The SMILES string of the molecule is C=C(C)C(Nc1ccc(C)cc1)C(=C)NC(C)=O. The second-order valence-corrected chi connectivity index (χ2v) is 4.50. The Balaban J connectivity index is 2.80. The van der Waals surface area contributed by atoms with Crippen molar-refractivity contribution in [2.45, 2.75) is 26.8 Å². The van der Waals surface area contributed by atoms with E-state index in [1.807, 2.05) is 38.1 Å². The van der Waals surface area contributed by atoms with Gasteiger partial charge in [0.2, 0.25) is 5.91 Å². The van der Waals surface area contributed by atoms with Gasteiger partial charge in [-0.1, -0.05) is 36.4 Å². The number of rotatable bonds is 5. The molecule has 0 aromatic heterocycles. The zero-order valence-electron chi connectivity index (χ0n) is 11.2. The molecule has 0 aliphatic heterocycles. The minimum absolute atomic E-state index is 0.128. The summed E-state index contributed by atoms with van der Waals surface area (Å²) in [4.78, 5) is 11.0. The summed E-state index contributed by atoms with van der Waals surface area (Å²) in [6.45, 7) is 13.2. The van der Waals surface area contributed by atoms with Gasteiger partial charge in [-0.25, -0.2) is 0 Å². The molecule has 0 aliphatic carbocycles. The summed E-state index contributed by atoms with van der Waals surface area (Å²) in [6.07, 6.45) is 0. The van der Waals surface area contributed by atoms with Crippen LogP contribution in [0.5, 0.6) is 0 Å². The maximum atomic E-state index is 11.0. The van der Waals surface area contributed by atoms with Crippen molar-refractivity contribution in [3.05, 3.63) is 54.3 Å². The third-order valence-corrected chi connectivity index (χ3v) is 2.54. The number of benzene rings is 1. The highest BCUT2D eigenvalue weighted by Gasteiger charge is 2.14. The van der Waals surface area contributed by atoms with Crippen LogP contribution in [-0.4, -0.2) is 11.9 Å². The lowest BCUT2D eigenvalue weighted by Gasteiger charge is -2.22. The summed E-state index contributed by atoms with van der Waals surface area (Å²) in [7, 11) is 0. The Morgan fingerprint density at radius 1 is 1.17 bits per heavy atom. The van der Waals surface area contributed by atoms with Crippen LogP contribution < -0.4 is 10.6 Å². The molecule has 3 heteroatoms. The first-order valence-corrected chi connectivity index (χ1v) is 5.85. The van der Waals surface area contributed by atoms with E-state index in [2.05, 4.69) is 23.8 Å². The van der Waals surface area contributed by atoms with E-state index in [0.29, 0.717) is 5.70 Å². The molecule has 0 fully saturated rings. The summed E-state index contributed by atoms with van der Waals surface area (Å²) >= 11 is 0. The maximum Gasteiger partial charge on any atom is 0.221 e. The number of amides is 1. The molecule has 1 atom stereocenters. The zero-order chi connectivity index (χ0) is 13.7. The van der Waals surface area contributed by atoms with E-state index in [1.54, 1.807) is 0 Å². The lowest BCUT2D eigenvalue weighted by Crippen LogP contribution is -2.33. The van der Waals surface area contributed by atoms with E-state index in [4.69, 9.17) is 0 Å². The fourth-order valence-corrected chi connectivity index (χ4v) is 1.62. The van der Waals surface area contributed by atoms with Crippen LogP contribution in [0.15, 0.2) is 48.7 Å². The van der Waals surface area contributed by atoms with Crippen LogP contribution >= 0.6 is 0 Å². The third kappa shape index (κ3) is 4.09. The second kappa shape index (κ2) is 6.05. The van der Waals surface area contributed by atoms with Gasteiger partial charge in [-0.3, -0.25) is 4.79 Å². The molecule has 0 saturated carbocycles. The molecule has 0 bridgehead atoms. The average molecular weight is 244 g/mol. The van der Waals surface area contributed by atoms with E-state index in [1.165, 1.54) is 12.5 Å². The quantitative estimate of drug-likeness (QED) is 0.782. The Morgan fingerprint density at radius 3 is 2.17 bits per heavy atom. The molecule has 0 spiro atoms. The van der Waals surface area contributed by atoms with Gasteiger partial charge in [0.15, 0.2) is 0 Å². The number of hydrogen-bond donors (Lipinski definition) is 2. The molecule has 1 unspecified atom stereocenters. The molecule has 2 N–H and O–H groups in total. The summed E-state index contributed by atoms with van der Waals surface area (Å²) in [5, 5.41) is 6.00. The highest BCUT2D eigenvalue weighted by molar-refractivity contribution is 5.75. The normalized spacial score (nSPS) is 11.5. The Bertz CT molecular complexity index is 460. The molecule has 0 heterocycles. The van der Waals surface area contributed by atoms with Crippen LogP contribution in [0, 0.1) is 6.92 Å². The van der Waals surface area contributed by atoms with Crippen LogP contribution in [0.2, 0.25) is 0 Å². The molecule has 18 heavy (non-hydrogen) atoms. The molecule has 96 valence electrons. The molecule has 1 rings (SSSR count). The zero-order valence-corrected chi connectivity index (χ0v) is 11.2. The van der Waals surface area contributed by atoms with Crippen LogP contribution in [-0.2, 0) is 4.79 Å². The van der Waals surface area contributed by atoms with E-state index in [0.717, 1.165) is 11.3 Å². The minimum Gasteiger partial charge on any atom is -0.373 e. The van der Waals surface area contributed by atoms with Gasteiger partial charge in [-0.05, 0) is 26.0 Å². The number of carbonyl (C=O) groups is 1. The van der Waals surface area contributed by atoms with E-state index in [-0.39, 0.29) is 11.9 Å². The first-order chi connectivity index (χ1) is 8.40. The van der Waals surface area contributed by atoms with Crippen molar-refractivity contribution in [3.63, 3.8) is 0 Å². The largest absolute Gasteiger partial charge is 0.373 e. The van der Waals surface area contributed by atoms with E-state index >= 15 is 0 Å². The molecule has 0 aliphatic rings. The first-order valence-electron chi connectivity index (χ1n) is 5.85. The smallest absolute Gasteiger partial charge is 0.221 e. The van der Waals surface area contributed by atoms with Crippen molar-refractivity contribution in [3.8, 4) is 0 Å². The molecule has 3 nitrogen and oxygen atoms in total. The van der Waals surface area contributed by atoms with Crippen molar-refractivity contribution in [2.75, 3.05) is 5.32 Å². The van der Waals surface area contributed by atoms with E-state index in [9.17, 15) is 4.79 Å². The highest BCUT2D eigenvalue weighted by atomic mass is 16.1. The van der Waals surface area contributed by atoms with Crippen molar-refractivity contribution in [2.24, 2.45) is 0 Å². The third-order valence-electron chi connectivity index (χ3n) is 2.54. The van der Waals surface area contributed by atoms with E-state index < -0.39 is 0 Å². The van der Waals surface area contributed by atoms with Crippen molar-refractivity contribution >= 4 is 11.6 Å². The fourth-order valence-electron chi connectivity index (χ4n) is 1.62.